The number of hydrogen-bond acceptors (Lipinski definition) is 4. The van der Waals surface area contributed by atoms with Crippen molar-refractivity contribution >= 4 is 21.8 Å². The number of amides is 2. The molecule has 0 aliphatic rings. The molecule has 0 aliphatic heterocycles. The van der Waals surface area contributed by atoms with E-state index < -0.39 is 22.0 Å². The van der Waals surface area contributed by atoms with Crippen LogP contribution in [0, 0.1) is 0 Å². The van der Waals surface area contributed by atoms with E-state index in [1.807, 2.05) is 85.8 Å². The number of nitrogens with one attached hydrogen (secondary N) is 1. The first-order valence-electron chi connectivity index (χ1n) is 11.9. The molecule has 190 valence electrons. The van der Waals surface area contributed by atoms with Gasteiger partial charge in [-0.3, -0.25) is 9.59 Å². The van der Waals surface area contributed by atoms with Crippen molar-refractivity contribution in [2.45, 2.75) is 32.5 Å². The van der Waals surface area contributed by atoms with Gasteiger partial charge in [0.2, 0.25) is 21.8 Å². The molecule has 0 spiro atoms. The lowest BCUT2D eigenvalue weighted by Gasteiger charge is -2.33. The molecule has 0 bridgehead atoms. The highest BCUT2D eigenvalue weighted by Gasteiger charge is 2.33. The molecule has 0 fully saturated rings. The fourth-order valence-electron chi connectivity index (χ4n) is 3.88. The van der Waals surface area contributed by atoms with E-state index in [0.29, 0.717) is 12.1 Å². The van der Waals surface area contributed by atoms with E-state index in [4.69, 9.17) is 0 Å². The van der Waals surface area contributed by atoms with Gasteiger partial charge in [0.25, 0.3) is 0 Å². The molecule has 2 amide bonds. The van der Waals surface area contributed by atoms with Crippen LogP contribution in [0.5, 0.6) is 0 Å². The van der Waals surface area contributed by atoms with Crippen molar-refractivity contribution in [3.05, 3.63) is 108 Å². The van der Waals surface area contributed by atoms with Crippen LogP contribution in [0.2, 0.25) is 0 Å². The van der Waals surface area contributed by atoms with Crippen molar-refractivity contribution in [2.24, 2.45) is 0 Å². The minimum absolute atomic E-state index is 0.0582. The van der Waals surface area contributed by atoms with E-state index in [9.17, 15) is 18.0 Å². The first kappa shape index (κ1) is 27.1. The smallest absolute Gasteiger partial charge is 0.247 e. The molecule has 1 atom stereocenters. The number of nitrogens with zero attached hydrogens (tertiary/aromatic N) is 2. The summed E-state index contributed by atoms with van der Waals surface area (Å²) >= 11 is 0. The van der Waals surface area contributed by atoms with Crippen LogP contribution in [0.15, 0.2) is 91.0 Å². The molecule has 0 aliphatic carbocycles. The Bertz CT molecular complexity index is 1220. The van der Waals surface area contributed by atoms with E-state index in [1.165, 1.54) is 4.90 Å². The van der Waals surface area contributed by atoms with Crippen molar-refractivity contribution in [1.29, 1.82) is 0 Å². The number of rotatable bonds is 12. The summed E-state index contributed by atoms with van der Waals surface area (Å²) in [6, 6.07) is 26.7. The van der Waals surface area contributed by atoms with Crippen molar-refractivity contribution in [3.8, 4) is 0 Å². The third-order valence-electron chi connectivity index (χ3n) is 5.72. The quantitative estimate of drug-likeness (QED) is 0.405. The second kappa shape index (κ2) is 13.0. The molecule has 0 saturated heterocycles. The van der Waals surface area contributed by atoms with Crippen molar-refractivity contribution in [3.63, 3.8) is 0 Å². The third-order valence-corrected chi connectivity index (χ3v) is 6.92. The lowest BCUT2D eigenvalue weighted by Crippen LogP contribution is -2.47. The Morgan fingerprint density at radius 2 is 1.31 bits per heavy atom. The van der Waals surface area contributed by atoms with Crippen LogP contribution in [0.4, 0.5) is 0 Å². The lowest BCUT2D eigenvalue weighted by molar-refractivity contribution is -0.141. The average Bonchev–Trinajstić information content (AvgIpc) is 2.88. The highest BCUT2D eigenvalue weighted by atomic mass is 32.2. The zero-order valence-corrected chi connectivity index (χ0v) is 21.5. The Balaban J connectivity index is 1.99. The number of benzene rings is 3. The van der Waals surface area contributed by atoms with Gasteiger partial charge in [0.05, 0.1) is 12.8 Å². The molecule has 0 aromatic heterocycles. The molecule has 0 radical (unpaired) electrons. The summed E-state index contributed by atoms with van der Waals surface area (Å²) in [5.41, 5.74) is 2.26. The van der Waals surface area contributed by atoms with Crippen molar-refractivity contribution in [2.75, 3.05) is 19.3 Å². The Morgan fingerprint density at radius 1 is 0.806 bits per heavy atom. The van der Waals surface area contributed by atoms with Gasteiger partial charge in [0.15, 0.2) is 0 Å². The fourth-order valence-corrected chi connectivity index (χ4v) is 4.60. The van der Waals surface area contributed by atoms with Gasteiger partial charge in [0.1, 0.15) is 6.04 Å². The van der Waals surface area contributed by atoms with E-state index in [0.717, 1.165) is 28.1 Å². The first-order chi connectivity index (χ1) is 17.3. The minimum Gasteiger partial charge on any atom is -0.354 e. The highest BCUT2D eigenvalue weighted by Crippen LogP contribution is 2.25. The standard InChI is InChI=1S/C28H33N3O4S/c1-3-19-29-28(33)27(25-17-11-6-12-18-25)31(21-24-15-9-5-10-16-24)26(32)22-30(36(2,34)35)20-23-13-7-4-8-14-23/h4-18,27H,3,19-22H2,1-2H3,(H,29,33)/t27-/m0/s1. The summed E-state index contributed by atoms with van der Waals surface area (Å²) in [6.45, 7) is 2.26. The Hall–Kier alpha value is -3.49. The van der Waals surface area contributed by atoms with E-state index in [2.05, 4.69) is 5.32 Å². The molecule has 0 saturated carbocycles. The molecule has 3 aromatic rings. The summed E-state index contributed by atoms with van der Waals surface area (Å²) in [5.74, 6) is -0.762. The predicted octanol–water partition coefficient (Wildman–Crippen LogP) is 3.74. The first-order valence-corrected chi connectivity index (χ1v) is 13.8. The predicted molar refractivity (Wildman–Crippen MR) is 141 cm³/mol. The van der Waals surface area contributed by atoms with Crippen LogP contribution in [-0.4, -0.2) is 48.8 Å². The molecule has 1 N–H and O–H groups in total. The summed E-state index contributed by atoms with van der Waals surface area (Å²) in [4.78, 5) is 28.7. The molecule has 7 nitrogen and oxygen atoms in total. The molecule has 3 rings (SSSR count). The molecule has 3 aromatic carbocycles. The van der Waals surface area contributed by atoms with Gasteiger partial charge in [-0.15, -0.1) is 0 Å². The van der Waals surface area contributed by atoms with Gasteiger partial charge < -0.3 is 10.2 Å². The normalized spacial score (nSPS) is 12.2. The number of sulfonamides is 1. The van der Waals surface area contributed by atoms with Gasteiger partial charge in [-0.2, -0.15) is 4.31 Å². The minimum atomic E-state index is -3.70. The van der Waals surface area contributed by atoms with Gasteiger partial charge in [-0.25, -0.2) is 8.42 Å². The maximum atomic E-state index is 13.8. The van der Waals surface area contributed by atoms with Crippen LogP contribution in [-0.2, 0) is 32.7 Å². The molecule has 8 heteroatoms. The number of carbonyl (C=O) groups is 2. The Labute approximate surface area is 213 Å². The Morgan fingerprint density at radius 3 is 1.81 bits per heavy atom. The van der Waals surface area contributed by atoms with Gasteiger partial charge in [-0.05, 0) is 23.1 Å². The zero-order valence-electron chi connectivity index (χ0n) is 20.7. The van der Waals surface area contributed by atoms with Crippen LogP contribution >= 0.6 is 0 Å². The SMILES string of the molecule is CCCNC(=O)[C@H](c1ccccc1)N(Cc1ccccc1)C(=O)CN(Cc1ccccc1)S(C)(=O)=O. The Kier molecular flexibility index (Phi) is 9.78. The lowest BCUT2D eigenvalue weighted by atomic mass is 10.0. The van der Waals surface area contributed by atoms with Crippen molar-refractivity contribution < 1.29 is 18.0 Å². The summed E-state index contributed by atoms with van der Waals surface area (Å²) in [7, 11) is -3.70. The molecule has 0 heterocycles. The van der Waals surface area contributed by atoms with Crippen LogP contribution in [0.3, 0.4) is 0 Å². The molecular weight excluding hydrogens is 474 g/mol. The van der Waals surface area contributed by atoms with Gasteiger partial charge in [0, 0.05) is 19.6 Å². The highest BCUT2D eigenvalue weighted by molar-refractivity contribution is 7.88. The van der Waals surface area contributed by atoms with E-state index >= 15 is 0 Å². The zero-order chi connectivity index (χ0) is 26.0. The second-order valence-corrected chi connectivity index (χ2v) is 10.6. The summed E-state index contributed by atoms with van der Waals surface area (Å²) < 4.78 is 26.4. The largest absolute Gasteiger partial charge is 0.354 e. The monoisotopic (exact) mass is 507 g/mol. The fraction of sp³-hybridized carbons (Fsp3) is 0.286. The summed E-state index contributed by atoms with van der Waals surface area (Å²) in [5, 5.41) is 2.91. The molecule has 36 heavy (non-hydrogen) atoms. The van der Waals surface area contributed by atoms with E-state index in [-0.39, 0.29) is 25.5 Å². The van der Waals surface area contributed by atoms with Gasteiger partial charge >= 0.3 is 0 Å². The second-order valence-electron chi connectivity index (χ2n) is 8.63. The van der Waals surface area contributed by atoms with Crippen LogP contribution in [0.1, 0.15) is 36.1 Å². The van der Waals surface area contributed by atoms with E-state index in [1.54, 1.807) is 12.1 Å². The van der Waals surface area contributed by atoms with Crippen LogP contribution in [0.25, 0.3) is 0 Å². The average molecular weight is 508 g/mol. The molecular formula is C28H33N3O4S. The third kappa shape index (κ3) is 7.76. The van der Waals surface area contributed by atoms with Gasteiger partial charge in [-0.1, -0.05) is 97.9 Å². The summed E-state index contributed by atoms with van der Waals surface area (Å²) in [6.07, 6.45) is 1.84. The maximum Gasteiger partial charge on any atom is 0.247 e. The van der Waals surface area contributed by atoms with Crippen LogP contribution < -0.4 is 5.32 Å². The molecule has 0 unspecified atom stereocenters. The topological polar surface area (TPSA) is 86.8 Å². The van der Waals surface area contributed by atoms with Crippen molar-refractivity contribution in [1.82, 2.24) is 14.5 Å². The number of hydrogen-bond donors (Lipinski definition) is 1. The maximum absolute atomic E-state index is 13.8. The number of carbonyl (C=O) groups excluding carboxylic acids is 2.